The van der Waals surface area contributed by atoms with Gasteiger partial charge in [0.05, 0.1) is 11.8 Å². The first-order valence-corrected chi connectivity index (χ1v) is 5.23. The molecule has 0 aliphatic heterocycles. The lowest BCUT2D eigenvalue weighted by molar-refractivity contribution is -0.115. The van der Waals surface area contributed by atoms with Gasteiger partial charge in [-0.3, -0.25) is 4.79 Å². The summed E-state index contributed by atoms with van der Waals surface area (Å²) in [6, 6.07) is 5.90. The van der Waals surface area contributed by atoms with Gasteiger partial charge in [-0.15, -0.1) is 0 Å². The number of hydrogen-bond acceptors (Lipinski definition) is 3. The number of carbonyl (C=O) groups excluding carboxylic acids is 1. The Labute approximate surface area is 104 Å². The molecule has 0 saturated carbocycles. The highest BCUT2D eigenvalue weighted by atomic mass is 79.9. The molecule has 0 radical (unpaired) electrons. The smallest absolute Gasteiger partial charge is 0.387 e. The van der Waals surface area contributed by atoms with E-state index >= 15 is 0 Å². The van der Waals surface area contributed by atoms with Gasteiger partial charge in [0, 0.05) is 4.47 Å². The number of nitrogens with one attached hydrogen (secondary N) is 1. The van der Waals surface area contributed by atoms with Gasteiger partial charge in [0.15, 0.2) is 5.75 Å². The monoisotopic (exact) mass is 304 g/mol. The number of halogens is 3. The van der Waals surface area contributed by atoms with Gasteiger partial charge in [0.25, 0.3) is 0 Å². The normalized spacial score (nSPS) is 9.82. The molecular formula is C10H7BrF2N2O2. The van der Waals surface area contributed by atoms with Crippen LogP contribution in [-0.4, -0.2) is 12.5 Å². The highest BCUT2D eigenvalue weighted by Gasteiger charge is 2.12. The molecule has 0 bridgehead atoms. The zero-order chi connectivity index (χ0) is 12.8. The molecule has 0 aliphatic rings. The minimum Gasteiger partial charge on any atom is -0.433 e. The Morgan fingerprint density at radius 2 is 2.29 bits per heavy atom. The molecule has 1 amide bonds. The Balaban J connectivity index is 2.90. The zero-order valence-corrected chi connectivity index (χ0v) is 10.0. The van der Waals surface area contributed by atoms with Crippen LogP contribution in [0, 0.1) is 11.3 Å². The van der Waals surface area contributed by atoms with Gasteiger partial charge >= 0.3 is 6.61 Å². The topological polar surface area (TPSA) is 62.1 Å². The summed E-state index contributed by atoms with van der Waals surface area (Å²) in [6.07, 6.45) is -0.357. The zero-order valence-electron chi connectivity index (χ0n) is 8.41. The van der Waals surface area contributed by atoms with Crippen LogP contribution in [0.15, 0.2) is 22.7 Å². The van der Waals surface area contributed by atoms with E-state index < -0.39 is 12.5 Å². The summed E-state index contributed by atoms with van der Waals surface area (Å²) in [5.74, 6) is -0.755. The number of amides is 1. The second-order valence-corrected chi connectivity index (χ2v) is 3.82. The second kappa shape index (κ2) is 6.15. The SMILES string of the molecule is N#CCC(=O)Nc1ccc(Br)cc1OC(F)F. The molecule has 1 rings (SSSR count). The average molecular weight is 305 g/mol. The molecule has 0 atom stereocenters. The largest absolute Gasteiger partial charge is 0.433 e. The van der Waals surface area contributed by atoms with Crippen LogP contribution in [0.5, 0.6) is 5.75 Å². The first-order valence-electron chi connectivity index (χ1n) is 4.44. The number of rotatable bonds is 4. The molecule has 0 saturated heterocycles. The van der Waals surface area contributed by atoms with E-state index in [0.29, 0.717) is 4.47 Å². The molecule has 90 valence electrons. The third kappa shape index (κ3) is 4.36. The third-order valence-corrected chi connectivity index (χ3v) is 2.17. The van der Waals surface area contributed by atoms with Crippen molar-refractivity contribution < 1.29 is 18.3 Å². The Bertz CT molecular complexity index is 460. The molecule has 0 aromatic heterocycles. The summed E-state index contributed by atoms with van der Waals surface area (Å²) in [7, 11) is 0. The first kappa shape index (κ1) is 13.4. The van der Waals surface area contributed by atoms with E-state index in [1.807, 2.05) is 0 Å². The maximum Gasteiger partial charge on any atom is 0.387 e. The summed E-state index contributed by atoms with van der Waals surface area (Å²) in [6.45, 7) is -2.99. The number of alkyl halides is 2. The molecule has 17 heavy (non-hydrogen) atoms. The van der Waals surface area contributed by atoms with Crippen LogP contribution in [-0.2, 0) is 4.79 Å². The van der Waals surface area contributed by atoms with Crippen LogP contribution in [0.1, 0.15) is 6.42 Å². The molecule has 0 spiro atoms. The van der Waals surface area contributed by atoms with Crippen molar-refractivity contribution in [2.75, 3.05) is 5.32 Å². The Morgan fingerprint density at radius 1 is 1.59 bits per heavy atom. The van der Waals surface area contributed by atoms with E-state index in [-0.39, 0.29) is 17.9 Å². The lowest BCUT2D eigenvalue weighted by atomic mass is 10.3. The maximum atomic E-state index is 12.1. The molecule has 1 aromatic rings. The minimum absolute atomic E-state index is 0.0914. The predicted molar refractivity (Wildman–Crippen MR) is 59.6 cm³/mol. The van der Waals surface area contributed by atoms with Crippen LogP contribution < -0.4 is 10.1 Å². The van der Waals surface area contributed by atoms with Crippen LogP contribution in [0.3, 0.4) is 0 Å². The van der Waals surface area contributed by atoms with Crippen molar-refractivity contribution in [2.24, 2.45) is 0 Å². The van der Waals surface area contributed by atoms with Crippen LogP contribution >= 0.6 is 15.9 Å². The van der Waals surface area contributed by atoms with Gasteiger partial charge in [-0.25, -0.2) is 0 Å². The van der Waals surface area contributed by atoms with E-state index in [1.165, 1.54) is 12.1 Å². The lowest BCUT2D eigenvalue weighted by Crippen LogP contribution is -2.12. The number of ether oxygens (including phenoxy) is 1. The highest BCUT2D eigenvalue weighted by Crippen LogP contribution is 2.29. The number of nitriles is 1. The number of nitrogens with zero attached hydrogens (tertiary/aromatic N) is 1. The fourth-order valence-corrected chi connectivity index (χ4v) is 1.40. The molecule has 4 nitrogen and oxygen atoms in total. The maximum absolute atomic E-state index is 12.1. The third-order valence-electron chi connectivity index (χ3n) is 1.67. The van der Waals surface area contributed by atoms with Crippen LogP contribution in [0.4, 0.5) is 14.5 Å². The van der Waals surface area contributed by atoms with Gasteiger partial charge in [-0.2, -0.15) is 14.0 Å². The quantitative estimate of drug-likeness (QED) is 0.930. The van der Waals surface area contributed by atoms with Gasteiger partial charge in [-0.05, 0) is 18.2 Å². The van der Waals surface area contributed by atoms with Crippen molar-refractivity contribution in [3.8, 4) is 11.8 Å². The second-order valence-electron chi connectivity index (χ2n) is 2.90. The molecule has 0 unspecified atom stereocenters. The van der Waals surface area contributed by atoms with Crippen LogP contribution in [0.2, 0.25) is 0 Å². The van der Waals surface area contributed by atoms with E-state index in [4.69, 9.17) is 5.26 Å². The van der Waals surface area contributed by atoms with E-state index in [2.05, 4.69) is 26.0 Å². The van der Waals surface area contributed by atoms with E-state index in [0.717, 1.165) is 0 Å². The fraction of sp³-hybridized carbons (Fsp3) is 0.200. The number of anilines is 1. The van der Waals surface area contributed by atoms with Crippen LogP contribution in [0.25, 0.3) is 0 Å². The van der Waals surface area contributed by atoms with Crippen molar-refractivity contribution in [3.63, 3.8) is 0 Å². The van der Waals surface area contributed by atoms with Crippen molar-refractivity contribution >= 4 is 27.5 Å². The van der Waals surface area contributed by atoms with Crippen molar-refractivity contribution in [2.45, 2.75) is 13.0 Å². The van der Waals surface area contributed by atoms with E-state index in [9.17, 15) is 13.6 Å². The van der Waals surface area contributed by atoms with Gasteiger partial charge < -0.3 is 10.1 Å². The number of hydrogen-bond donors (Lipinski definition) is 1. The Morgan fingerprint density at radius 3 is 2.88 bits per heavy atom. The van der Waals surface area contributed by atoms with Gasteiger partial charge in [0.1, 0.15) is 6.42 Å². The summed E-state index contributed by atoms with van der Waals surface area (Å²) in [5.41, 5.74) is 0.0914. The molecule has 0 heterocycles. The first-order chi connectivity index (χ1) is 8.02. The molecule has 0 fully saturated rings. The molecular weight excluding hydrogens is 298 g/mol. The summed E-state index contributed by atoms with van der Waals surface area (Å²) in [5, 5.41) is 10.6. The van der Waals surface area contributed by atoms with Crippen molar-refractivity contribution in [3.05, 3.63) is 22.7 Å². The predicted octanol–water partition coefficient (Wildman–Crippen LogP) is 2.90. The molecule has 7 heteroatoms. The standard InChI is InChI=1S/C10H7BrF2N2O2/c11-6-1-2-7(15-9(16)3-4-14)8(5-6)17-10(12)13/h1-2,5,10H,3H2,(H,15,16). The highest BCUT2D eigenvalue weighted by molar-refractivity contribution is 9.10. The number of benzene rings is 1. The summed E-state index contributed by atoms with van der Waals surface area (Å²) >= 11 is 3.09. The average Bonchev–Trinajstić information content (AvgIpc) is 2.21. The molecule has 0 aliphatic carbocycles. The molecule has 1 N–H and O–H groups in total. The lowest BCUT2D eigenvalue weighted by Gasteiger charge is -2.11. The van der Waals surface area contributed by atoms with Gasteiger partial charge in [0.2, 0.25) is 5.91 Å². The fourth-order valence-electron chi connectivity index (χ4n) is 1.06. The van der Waals surface area contributed by atoms with Crippen molar-refractivity contribution in [1.29, 1.82) is 5.26 Å². The summed E-state index contributed by atoms with van der Waals surface area (Å²) in [4.78, 5) is 11.1. The Kier molecular flexibility index (Phi) is 4.84. The summed E-state index contributed by atoms with van der Waals surface area (Å²) < 4.78 is 29.0. The molecule has 1 aromatic carbocycles. The number of carbonyl (C=O) groups is 1. The van der Waals surface area contributed by atoms with Crippen molar-refractivity contribution in [1.82, 2.24) is 0 Å². The minimum atomic E-state index is -2.99. The van der Waals surface area contributed by atoms with Gasteiger partial charge in [-0.1, -0.05) is 15.9 Å². The van der Waals surface area contributed by atoms with E-state index in [1.54, 1.807) is 12.1 Å². The Hall–Kier alpha value is -1.68.